The van der Waals surface area contributed by atoms with E-state index in [0.717, 1.165) is 15.7 Å². The first-order chi connectivity index (χ1) is 8.52. The predicted molar refractivity (Wildman–Crippen MR) is 70.1 cm³/mol. The summed E-state index contributed by atoms with van der Waals surface area (Å²) in [6, 6.07) is 5.77. The SMILES string of the molecule is CCc1nc(C(=O)O)nn1-c1cc(Br)ccc1C. The maximum atomic E-state index is 10.9. The number of carboxylic acids is 1. The Labute approximate surface area is 113 Å². The van der Waals surface area contributed by atoms with Crippen LogP contribution in [0.15, 0.2) is 22.7 Å². The fourth-order valence-corrected chi connectivity index (χ4v) is 2.02. The first-order valence-corrected chi connectivity index (χ1v) is 6.28. The second-order valence-electron chi connectivity index (χ2n) is 3.85. The van der Waals surface area contributed by atoms with E-state index in [0.29, 0.717) is 12.2 Å². The van der Waals surface area contributed by atoms with Crippen LogP contribution in [0.25, 0.3) is 5.69 Å². The Morgan fingerprint density at radius 1 is 1.50 bits per heavy atom. The number of aryl methyl sites for hydroxylation is 2. The molecule has 0 aliphatic heterocycles. The van der Waals surface area contributed by atoms with E-state index in [4.69, 9.17) is 5.11 Å². The number of hydrogen-bond acceptors (Lipinski definition) is 3. The van der Waals surface area contributed by atoms with Crippen LogP contribution >= 0.6 is 15.9 Å². The van der Waals surface area contributed by atoms with E-state index in [2.05, 4.69) is 26.0 Å². The zero-order chi connectivity index (χ0) is 13.3. The predicted octanol–water partition coefficient (Wildman–Crippen LogP) is 2.60. The van der Waals surface area contributed by atoms with Crippen LogP contribution in [0.4, 0.5) is 0 Å². The highest BCUT2D eigenvalue weighted by molar-refractivity contribution is 9.10. The van der Waals surface area contributed by atoms with Gasteiger partial charge in [0.2, 0.25) is 0 Å². The van der Waals surface area contributed by atoms with Gasteiger partial charge in [-0.3, -0.25) is 0 Å². The van der Waals surface area contributed by atoms with E-state index in [9.17, 15) is 4.79 Å². The number of carboxylic acid groups (broad SMARTS) is 1. The Balaban J connectivity index is 2.62. The van der Waals surface area contributed by atoms with E-state index >= 15 is 0 Å². The van der Waals surface area contributed by atoms with Crippen LogP contribution in [-0.2, 0) is 6.42 Å². The van der Waals surface area contributed by atoms with Crippen LogP contribution in [0.2, 0.25) is 0 Å². The van der Waals surface area contributed by atoms with Crippen LogP contribution in [0.5, 0.6) is 0 Å². The molecule has 2 rings (SSSR count). The molecule has 18 heavy (non-hydrogen) atoms. The van der Waals surface area contributed by atoms with Crippen molar-refractivity contribution >= 4 is 21.9 Å². The Morgan fingerprint density at radius 2 is 2.22 bits per heavy atom. The van der Waals surface area contributed by atoms with Gasteiger partial charge in [-0.2, -0.15) is 0 Å². The van der Waals surface area contributed by atoms with Crippen molar-refractivity contribution in [1.82, 2.24) is 14.8 Å². The largest absolute Gasteiger partial charge is 0.475 e. The van der Waals surface area contributed by atoms with Gasteiger partial charge in [0.15, 0.2) is 0 Å². The molecule has 0 saturated carbocycles. The maximum Gasteiger partial charge on any atom is 0.375 e. The fraction of sp³-hybridized carbons (Fsp3) is 0.250. The first kappa shape index (κ1) is 12.8. The molecule has 1 heterocycles. The van der Waals surface area contributed by atoms with Gasteiger partial charge in [-0.15, -0.1) is 5.10 Å². The molecule has 94 valence electrons. The van der Waals surface area contributed by atoms with Crippen LogP contribution in [-0.4, -0.2) is 25.8 Å². The number of nitrogens with zero attached hydrogens (tertiary/aromatic N) is 3. The Kier molecular flexibility index (Phi) is 3.47. The molecule has 0 amide bonds. The summed E-state index contributed by atoms with van der Waals surface area (Å²) in [5.41, 5.74) is 1.84. The van der Waals surface area contributed by atoms with Gasteiger partial charge in [0, 0.05) is 10.9 Å². The van der Waals surface area contributed by atoms with Crippen LogP contribution in [0.3, 0.4) is 0 Å². The summed E-state index contributed by atoms with van der Waals surface area (Å²) in [4.78, 5) is 14.9. The summed E-state index contributed by atoms with van der Waals surface area (Å²) in [5, 5.41) is 13.0. The average molecular weight is 310 g/mol. The van der Waals surface area contributed by atoms with Gasteiger partial charge in [0.25, 0.3) is 5.82 Å². The third kappa shape index (κ3) is 2.28. The number of aromatic carboxylic acids is 1. The van der Waals surface area contributed by atoms with Gasteiger partial charge in [0.1, 0.15) is 5.82 Å². The minimum absolute atomic E-state index is 0.175. The van der Waals surface area contributed by atoms with Crippen molar-refractivity contribution in [2.24, 2.45) is 0 Å². The second kappa shape index (κ2) is 4.89. The number of rotatable bonds is 3. The first-order valence-electron chi connectivity index (χ1n) is 5.48. The van der Waals surface area contributed by atoms with Gasteiger partial charge in [0.05, 0.1) is 5.69 Å². The molecule has 6 heteroatoms. The van der Waals surface area contributed by atoms with Crippen molar-refractivity contribution in [3.05, 3.63) is 39.9 Å². The van der Waals surface area contributed by atoms with Crippen molar-refractivity contribution in [1.29, 1.82) is 0 Å². The molecule has 0 atom stereocenters. The molecule has 0 aliphatic carbocycles. The van der Waals surface area contributed by atoms with Gasteiger partial charge >= 0.3 is 5.97 Å². The molecule has 5 nitrogen and oxygen atoms in total. The third-order valence-electron chi connectivity index (χ3n) is 2.58. The van der Waals surface area contributed by atoms with Gasteiger partial charge in [-0.1, -0.05) is 28.9 Å². The summed E-state index contributed by atoms with van der Waals surface area (Å²) in [6.07, 6.45) is 0.617. The van der Waals surface area contributed by atoms with Gasteiger partial charge in [-0.05, 0) is 24.6 Å². The highest BCUT2D eigenvalue weighted by Crippen LogP contribution is 2.20. The minimum atomic E-state index is -1.11. The minimum Gasteiger partial charge on any atom is -0.475 e. The van der Waals surface area contributed by atoms with Crippen LogP contribution < -0.4 is 0 Å². The molecule has 1 aromatic carbocycles. The zero-order valence-corrected chi connectivity index (χ0v) is 11.6. The highest BCUT2D eigenvalue weighted by atomic mass is 79.9. The summed E-state index contributed by atoms with van der Waals surface area (Å²) in [7, 11) is 0. The van der Waals surface area contributed by atoms with Crippen molar-refractivity contribution in [2.75, 3.05) is 0 Å². The summed E-state index contributed by atoms with van der Waals surface area (Å²) in [6.45, 7) is 3.86. The molecular weight excluding hydrogens is 298 g/mol. The molecule has 0 unspecified atom stereocenters. The second-order valence-corrected chi connectivity index (χ2v) is 4.77. The topological polar surface area (TPSA) is 68.0 Å². The normalized spacial score (nSPS) is 10.6. The van der Waals surface area contributed by atoms with E-state index in [-0.39, 0.29) is 5.82 Å². The van der Waals surface area contributed by atoms with E-state index < -0.39 is 5.97 Å². The summed E-state index contributed by atoms with van der Waals surface area (Å²) >= 11 is 3.40. The number of halogens is 1. The van der Waals surface area contributed by atoms with Crippen LogP contribution in [0, 0.1) is 6.92 Å². The number of aromatic nitrogens is 3. The Bertz CT molecular complexity index is 607. The number of benzene rings is 1. The standard InChI is InChI=1S/C12H12BrN3O2/c1-3-10-14-11(12(17)18)15-16(10)9-6-8(13)5-4-7(9)2/h4-6H,3H2,1-2H3,(H,17,18). The fourth-order valence-electron chi connectivity index (χ4n) is 1.67. The maximum absolute atomic E-state index is 10.9. The van der Waals surface area contributed by atoms with E-state index in [1.165, 1.54) is 0 Å². The number of hydrogen-bond donors (Lipinski definition) is 1. The zero-order valence-electron chi connectivity index (χ0n) is 10.0. The van der Waals surface area contributed by atoms with Crippen molar-refractivity contribution < 1.29 is 9.90 Å². The van der Waals surface area contributed by atoms with Crippen molar-refractivity contribution in [3.8, 4) is 5.69 Å². The lowest BCUT2D eigenvalue weighted by molar-refractivity contribution is 0.0683. The monoisotopic (exact) mass is 309 g/mol. The Hall–Kier alpha value is -1.69. The van der Waals surface area contributed by atoms with Crippen LogP contribution in [0.1, 0.15) is 28.9 Å². The van der Waals surface area contributed by atoms with Gasteiger partial charge < -0.3 is 5.11 Å². The molecule has 0 aliphatic rings. The summed E-state index contributed by atoms with van der Waals surface area (Å²) in [5.74, 6) is -0.657. The molecule has 0 bridgehead atoms. The average Bonchev–Trinajstić information content (AvgIpc) is 2.76. The molecule has 0 spiro atoms. The van der Waals surface area contributed by atoms with Gasteiger partial charge in [-0.25, -0.2) is 14.5 Å². The van der Waals surface area contributed by atoms with Crippen molar-refractivity contribution in [3.63, 3.8) is 0 Å². The smallest absolute Gasteiger partial charge is 0.375 e. The lowest BCUT2D eigenvalue weighted by Crippen LogP contribution is -2.05. The van der Waals surface area contributed by atoms with E-state index in [1.807, 2.05) is 32.0 Å². The quantitative estimate of drug-likeness (QED) is 0.946. The molecular formula is C12H12BrN3O2. The molecule has 0 radical (unpaired) electrons. The third-order valence-corrected chi connectivity index (χ3v) is 3.07. The summed E-state index contributed by atoms with van der Waals surface area (Å²) < 4.78 is 2.50. The lowest BCUT2D eigenvalue weighted by atomic mass is 10.2. The lowest BCUT2D eigenvalue weighted by Gasteiger charge is -2.08. The molecule has 2 aromatic rings. The molecule has 0 saturated heterocycles. The molecule has 1 aromatic heterocycles. The Morgan fingerprint density at radius 3 is 2.83 bits per heavy atom. The van der Waals surface area contributed by atoms with E-state index in [1.54, 1.807) is 4.68 Å². The number of carbonyl (C=O) groups is 1. The van der Waals surface area contributed by atoms with Crippen molar-refractivity contribution in [2.45, 2.75) is 20.3 Å². The molecule has 1 N–H and O–H groups in total. The highest BCUT2D eigenvalue weighted by Gasteiger charge is 2.16. The molecule has 0 fully saturated rings.